The van der Waals surface area contributed by atoms with Crippen LogP contribution in [-0.4, -0.2) is 0 Å². The zero-order valence-corrected chi connectivity index (χ0v) is 7.34. The Morgan fingerprint density at radius 2 is 1.93 bits per heavy atom. The van der Waals surface area contributed by atoms with Crippen LogP contribution in [0.4, 0.5) is 18.9 Å². The molecule has 0 bridgehead atoms. The molecule has 14 heavy (non-hydrogen) atoms. The van der Waals surface area contributed by atoms with Crippen molar-refractivity contribution >= 4 is 17.3 Å². The van der Waals surface area contributed by atoms with Gasteiger partial charge in [0.05, 0.1) is 5.56 Å². The first-order valence-electron chi connectivity index (χ1n) is 3.36. The molecule has 0 aromatic heterocycles. The number of hydrogen-bond donors (Lipinski definition) is 0. The number of rotatable bonds is 1. The lowest BCUT2D eigenvalue weighted by Crippen LogP contribution is -2.04. The minimum Gasteiger partial charge on any atom is -0.166 e. The largest absolute Gasteiger partial charge is 0.416 e. The van der Waals surface area contributed by atoms with Crippen molar-refractivity contribution in [1.82, 2.24) is 0 Å². The molecule has 0 N–H and O–H groups in total. The molecule has 3 nitrogen and oxygen atoms in total. The highest BCUT2D eigenvalue weighted by atomic mass is 35.5. The molecule has 7 heteroatoms. The molecule has 0 radical (unpaired) electrons. The maximum Gasteiger partial charge on any atom is 0.416 e. The molecular weight excluding hydrogens is 219 g/mol. The molecule has 0 aliphatic carbocycles. The Bertz CT molecular complexity index is 396. The fraction of sp³-hybridized carbons (Fsp3) is 0.143. The van der Waals surface area contributed by atoms with Gasteiger partial charge in [-0.2, -0.15) is 13.2 Å². The van der Waals surface area contributed by atoms with E-state index in [-0.39, 0.29) is 10.7 Å². The highest BCUT2D eigenvalue weighted by Crippen LogP contribution is 2.33. The summed E-state index contributed by atoms with van der Waals surface area (Å²) in [5, 5.41) is 2.91. The maximum atomic E-state index is 12.2. The van der Waals surface area contributed by atoms with Crippen LogP contribution in [0.25, 0.3) is 10.4 Å². The van der Waals surface area contributed by atoms with E-state index in [1.807, 2.05) is 0 Å². The molecule has 0 saturated carbocycles. The van der Waals surface area contributed by atoms with Gasteiger partial charge in [0.25, 0.3) is 0 Å². The summed E-state index contributed by atoms with van der Waals surface area (Å²) in [7, 11) is 0. The third-order valence-corrected chi connectivity index (χ3v) is 1.59. The summed E-state index contributed by atoms with van der Waals surface area (Å²) >= 11 is 5.41. The van der Waals surface area contributed by atoms with Crippen molar-refractivity contribution in [3.63, 3.8) is 0 Å². The van der Waals surface area contributed by atoms with Crippen molar-refractivity contribution in [2.75, 3.05) is 0 Å². The van der Waals surface area contributed by atoms with E-state index in [0.29, 0.717) is 0 Å². The van der Waals surface area contributed by atoms with Crippen molar-refractivity contribution < 1.29 is 13.2 Å². The highest BCUT2D eigenvalue weighted by molar-refractivity contribution is 6.30. The lowest BCUT2D eigenvalue weighted by molar-refractivity contribution is -0.137. The number of benzene rings is 1. The second kappa shape index (κ2) is 3.77. The molecule has 0 atom stereocenters. The predicted octanol–water partition coefficient (Wildman–Crippen LogP) is 4.30. The zero-order valence-electron chi connectivity index (χ0n) is 6.59. The Morgan fingerprint density at radius 3 is 2.43 bits per heavy atom. The normalized spacial score (nSPS) is 10.9. The number of alkyl halides is 3. The lowest BCUT2D eigenvalue weighted by Gasteiger charge is -2.07. The van der Waals surface area contributed by atoms with Gasteiger partial charge in [0.1, 0.15) is 0 Å². The topological polar surface area (TPSA) is 48.8 Å². The third kappa shape index (κ3) is 2.55. The van der Waals surface area contributed by atoms with Gasteiger partial charge in [-0.1, -0.05) is 16.7 Å². The fourth-order valence-electron chi connectivity index (χ4n) is 0.847. The summed E-state index contributed by atoms with van der Waals surface area (Å²) in [5.74, 6) is 0. The van der Waals surface area contributed by atoms with E-state index in [1.54, 1.807) is 0 Å². The monoisotopic (exact) mass is 221 g/mol. The Balaban J connectivity index is 3.27. The molecular formula is C7H3ClF3N3. The van der Waals surface area contributed by atoms with Crippen LogP contribution in [0, 0.1) is 0 Å². The Hall–Kier alpha value is -1.39. The van der Waals surface area contributed by atoms with Gasteiger partial charge in [0, 0.05) is 15.6 Å². The Kier molecular flexibility index (Phi) is 2.88. The van der Waals surface area contributed by atoms with Gasteiger partial charge in [0.2, 0.25) is 0 Å². The van der Waals surface area contributed by atoms with Crippen LogP contribution in [0.2, 0.25) is 5.02 Å². The van der Waals surface area contributed by atoms with Crippen molar-refractivity contribution in [3.05, 3.63) is 39.2 Å². The maximum absolute atomic E-state index is 12.2. The second-order valence-corrected chi connectivity index (χ2v) is 2.82. The molecule has 0 spiro atoms. The standard InChI is InChI=1S/C7H3ClF3N3/c8-5-1-4(7(9,10)11)2-6(3-5)13-14-12/h1-3H. The van der Waals surface area contributed by atoms with Crippen LogP contribution in [-0.2, 0) is 6.18 Å². The van der Waals surface area contributed by atoms with Gasteiger partial charge >= 0.3 is 6.18 Å². The van der Waals surface area contributed by atoms with E-state index >= 15 is 0 Å². The molecule has 0 heterocycles. The molecule has 74 valence electrons. The zero-order chi connectivity index (χ0) is 10.8. The highest BCUT2D eigenvalue weighted by Gasteiger charge is 2.30. The molecule has 0 fully saturated rings. The summed E-state index contributed by atoms with van der Waals surface area (Å²) in [4.78, 5) is 2.37. The van der Waals surface area contributed by atoms with Crippen molar-refractivity contribution in [2.45, 2.75) is 6.18 Å². The smallest absolute Gasteiger partial charge is 0.166 e. The Morgan fingerprint density at radius 1 is 1.29 bits per heavy atom. The number of nitrogens with zero attached hydrogens (tertiary/aromatic N) is 3. The van der Waals surface area contributed by atoms with Gasteiger partial charge in [-0.25, -0.2) is 0 Å². The Labute approximate surface area is 81.7 Å². The predicted molar refractivity (Wildman–Crippen MR) is 45.3 cm³/mol. The van der Waals surface area contributed by atoms with Crippen molar-refractivity contribution in [2.24, 2.45) is 5.11 Å². The molecule has 0 aliphatic heterocycles. The van der Waals surface area contributed by atoms with E-state index < -0.39 is 11.7 Å². The molecule has 1 aromatic carbocycles. The average Bonchev–Trinajstić information content (AvgIpc) is 2.02. The lowest BCUT2D eigenvalue weighted by atomic mass is 10.2. The summed E-state index contributed by atoms with van der Waals surface area (Å²) in [6.45, 7) is 0. The van der Waals surface area contributed by atoms with Gasteiger partial charge in [0.15, 0.2) is 0 Å². The van der Waals surface area contributed by atoms with E-state index in [4.69, 9.17) is 17.1 Å². The molecule has 0 saturated heterocycles. The average molecular weight is 222 g/mol. The van der Waals surface area contributed by atoms with Gasteiger partial charge in [-0.05, 0) is 23.7 Å². The van der Waals surface area contributed by atoms with Gasteiger partial charge < -0.3 is 0 Å². The third-order valence-electron chi connectivity index (χ3n) is 1.37. The minimum atomic E-state index is -4.50. The minimum absolute atomic E-state index is 0.123. The summed E-state index contributed by atoms with van der Waals surface area (Å²) in [5.41, 5.74) is 6.94. The first kappa shape index (κ1) is 10.7. The van der Waals surface area contributed by atoms with Crippen molar-refractivity contribution in [1.29, 1.82) is 0 Å². The SMILES string of the molecule is [N-]=[N+]=Nc1cc(Cl)cc(C(F)(F)F)c1. The number of azide groups is 1. The second-order valence-electron chi connectivity index (χ2n) is 2.39. The first-order chi connectivity index (χ1) is 6.43. The van der Waals surface area contributed by atoms with Crippen LogP contribution in [0.1, 0.15) is 5.56 Å². The quantitative estimate of drug-likeness (QED) is 0.386. The van der Waals surface area contributed by atoms with Crippen LogP contribution in [0.5, 0.6) is 0 Å². The van der Waals surface area contributed by atoms with Crippen LogP contribution < -0.4 is 0 Å². The van der Waals surface area contributed by atoms with Crippen LogP contribution in [0.3, 0.4) is 0 Å². The van der Waals surface area contributed by atoms with Gasteiger partial charge in [-0.15, -0.1) is 0 Å². The van der Waals surface area contributed by atoms with Crippen molar-refractivity contribution in [3.8, 4) is 0 Å². The van der Waals surface area contributed by atoms with Crippen LogP contribution in [0.15, 0.2) is 23.3 Å². The number of hydrogen-bond acceptors (Lipinski definition) is 1. The van der Waals surface area contributed by atoms with E-state index in [9.17, 15) is 13.2 Å². The summed E-state index contributed by atoms with van der Waals surface area (Å²) in [6, 6.07) is 2.64. The summed E-state index contributed by atoms with van der Waals surface area (Å²) < 4.78 is 36.6. The molecule has 1 rings (SSSR count). The first-order valence-corrected chi connectivity index (χ1v) is 3.74. The fourth-order valence-corrected chi connectivity index (χ4v) is 1.08. The summed E-state index contributed by atoms with van der Waals surface area (Å²) in [6.07, 6.45) is -4.50. The molecule has 0 aliphatic rings. The molecule has 0 unspecified atom stereocenters. The van der Waals surface area contributed by atoms with Gasteiger partial charge in [-0.3, -0.25) is 0 Å². The molecule has 0 amide bonds. The van der Waals surface area contributed by atoms with E-state index in [2.05, 4.69) is 10.0 Å². The number of halogens is 4. The van der Waals surface area contributed by atoms with E-state index in [1.165, 1.54) is 0 Å². The van der Waals surface area contributed by atoms with E-state index in [0.717, 1.165) is 18.2 Å². The molecule has 1 aromatic rings. The van der Waals surface area contributed by atoms with Crippen LogP contribution >= 0.6 is 11.6 Å².